The molecule has 2 atom stereocenters. The Morgan fingerprint density at radius 1 is 1.32 bits per heavy atom. The summed E-state index contributed by atoms with van der Waals surface area (Å²) in [7, 11) is 4.46. The molecule has 118 valence electrons. The minimum absolute atomic E-state index is 0.584. The molecule has 0 unspecified atom stereocenters. The molecule has 0 bridgehead atoms. The van der Waals surface area contributed by atoms with Crippen LogP contribution in [0.4, 0.5) is 5.82 Å². The molecule has 2 aromatic rings. The molecule has 22 heavy (non-hydrogen) atoms. The summed E-state index contributed by atoms with van der Waals surface area (Å²) in [5.74, 6) is 1.16. The average molecular weight is 316 g/mol. The Hall–Kier alpha value is -1.20. The second-order valence-electron chi connectivity index (χ2n) is 6.85. The number of hydrogen-bond donors (Lipinski definition) is 0. The second kappa shape index (κ2) is 5.46. The van der Waals surface area contributed by atoms with Crippen LogP contribution in [0.3, 0.4) is 0 Å². The smallest absolute Gasteiger partial charge is 0.141 e. The maximum atomic E-state index is 4.68. The minimum atomic E-state index is 0.584. The van der Waals surface area contributed by atoms with Gasteiger partial charge in [-0.05, 0) is 51.6 Å². The summed E-state index contributed by atoms with van der Waals surface area (Å²) in [6.07, 6.45) is 7.90. The van der Waals surface area contributed by atoms with E-state index in [1.165, 1.54) is 54.4 Å². The van der Waals surface area contributed by atoms with E-state index in [4.69, 9.17) is 0 Å². The highest BCUT2D eigenvalue weighted by atomic mass is 32.1. The Labute approximate surface area is 136 Å². The summed E-state index contributed by atoms with van der Waals surface area (Å²) in [4.78, 5) is 16.8. The summed E-state index contributed by atoms with van der Waals surface area (Å²) in [6.45, 7) is 3.50. The molecule has 1 aliphatic carbocycles. The first kappa shape index (κ1) is 14.4. The van der Waals surface area contributed by atoms with Crippen LogP contribution in [0.2, 0.25) is 0 Å². The van der Waals surface area contributed by atoms with Crippen LogP contribution in [0.15, 0.2) is 6.33 Å². The number of hydrogen-bond acceptors (Lipinski definition) is 5. The zero-order valence-corrected chi connectivity index (χ0v) is 14.5. The van der Waals surface area contributed by atoms with Gasteiger partial charge in [-0.1, -0.05) is 0 Å². The van der Waals surface area contributed by atoms with Crippen molar-refractivity contribution in [3.05, 3.63) is 16.8 Å². The Balaban J connectivity index is 1.71. The summed E-state index contributed by atoms with van der Waals surface area (Å²) < 4.78 is 0. The number of likely N-dealkylation sites (tertiary alicyclic amines) is 1. The fourth-order valence-corrected chi connectivity index (χ4v) is 5.19. The number of nitrogens with zero attached hydrogens (tertiary/aromatic N) is 4. The molecular formula is C17H24N4S. The third-order valence-electron chi connectivity index (χ3n) is 5.54. The molecule has 0 amide bonds. The van der Waals surface area contributed by atoms with E-state index < -0.39 is 0 Å². The first-order valence-electron chi connectivity index (χ1n) is 8.33. The molecule has 2 aliphatic rings. The van der Waals surface area contributed by atoms with E-state index >= 15 is 0 Å². The van der Waals surface area contributed by atoms with Gasteiger partial charge in [0.15, 0.2) is 0 Å². The highest BCUT2D eigenvalue weighted by molar-refractivity contribution is 7.19. The number of rotatable bonds is 2. The number of thiophene rings is 1. The quantitative estimate of drug-likeness (QED) is 0.852. The number of anilines is 1. The van der Waals surface area contributed by atoms with Crippen LogP contribution in [0.1, 0.15) is 36.6 Å². The third kappa shape index (κ3) is 2.22. The van der Waals surface area contributed by atoms with Gasteiger partial charge in [0.25, 0.3) is 0 Å². The van der Waals surface area contributed by atoms with Gasteiger partial charge in [-0.3, -0.25) is 0 Å². The third-order valence-corrected chi connectivity index (χ3v) is 6.74. The molecule has 2 aromatic heterocycles. The van der Waals surface area contributed by atoms with Crippen LogP contribution in [0, 0.1) is 0 Å². The maximum Gasteiger partial charge on any atom is 0.141 e. The van der Waals surface area contributed by atoms with Crippen LogP contribution in [0.5, 0.6) is 0 Å². The Morgan fingerprint density at radius 3 is 3.00 bits per heavy atom. The molecule has 3 heterocycles. The zero-order chi connectivity index (χ0) is 15.3. The van der Waals surface area contributed by atoms with Crippen molar-refractivity contribution in [2.24, 2.45) is 0 Å². The normalized spacial score (nSPS) is 25.6. The summed E-state index contributed by atoms with van der Waals surface area (Å²) in [5.41, 5.74) is 1.53. The van der Waals surface area contributed by atoms with Gasteiger partial charge < -0.3 is 9.80 Å². The lowest BCUT2D eigenvalue weighted by atomic mass is 9.97. The van der Waals surface area contributed by atoms with Crippen molar-refractivity contribution in [2.75, 3.05) is 25.5 Å². The van der Waals surface area contributed by atoms with Crippen LogP contribution < -0.4 is 4.90 Å². The van der Waals surface area contributed by atoms with Crippen molar-refractivity contribution >= 4 is 27.4 Å². The van der Waals surface area contributed by atoms with Crippen molar-refractivity contribution in [2.45, 2.75) is 51.1 Å². The summed E-state index contributed by atoms with van der Waals surface area (Å²) in [6, 6.07) is 1.23. The lowest BCUT2D eigenvalue weighted by Gasteiger charge is -2.40. The van der Waals surface area contributed by atoms with E-state index in [-0.39, 0.29) is 0 Å². The zero-order valence-electron chi connectivity index (χ0n) is 13.7. The predicted molar refractivity (Wildman–Crippen MR) is 93.0 cm³/mol. The van der Waals surface area contributed by atoms with E-state index in [0.717, 1.165) is 5.82 Å². The van der Waals surface area contributed by atoms with E-state index in [2.05, 4.69) is 40.8 Å². The number of piperidine rings is 1. The molecule has 1 fully saturated rings. The van der Waals surface area contributed by atoms with E-state index in [0.29, 0.717) is 12.1 Å². The van der Waals surface area contributed by atoms with Crippen molar-refractivity contribution in [3.8, 4) is 0 Å². The first-order valence-corrected chi connectivity index (χ1v) is 9.15. The van der Waals surface area contributed by atoms with Crippen molar-refractivity contribution in [1.82, 2.24) is 14.9 Å². The Morgan fingerprint density at radius 2 is 2.18 bits per heavy atom. The molecule has 0 N–H and O–H groups in total. The van der Waals surface area contributed by atoms with Crippen LogP contribution in [-0.4, -0.2) is 47.6 Å². The molecule has 4 nitrogen and oxygen atoms in total. The lowest BCUT2D eigenvalue weighted by molar-refractivity contribution is 0.181. The maximum absolute atomic E-state index is 4.68. The van der Waals surface area contributed by atoms with Crippen LogP contribution in [-0.2, 0) is 12.8 Å². The van der Waals surface area contributed by atoms with Gasteiger partial charge in [0, 0.05) is 30.6 Å². The Bertz CT molecular complexity index is 695. The first-order chi connectivity index (χ1) is 10.6. The molecule has 0 saturated carbocycles. The molecule has 4 rings (SSSR count). The minimum Gasteiger partial charge on any atom is -0.356 e. The SMILES string of the molecule is C[C@H]1C[C@@H](N(C)c2ncnc3sc4c(c23)CCC4)CCN1C. The van der Waals surface area contributed by atoms with E-state index in [9.17, 15) is 0 Å². The van der Waals surface area contributed by atoms with E-state index in [1.54, 1.807) is 11.2 Å². The van der Waals surface area contributed by atoms with Gasteiger partial charge in [-0.2, -0.15) is 0 Å². The highest BCUT2D eigenvalue weighted by Gasteiger charge is 2.29. The van der Waals surface area contributed by atoms with Gasteiger partial charge >= 0.3 is 0 Å². The molecule has 1 aliphatic heterocycles. The lowest BCUT2D eigenvalue weighted by Crippen LogP contribution is -2.46. The second-order valence-corrected chi connectivity index (χ2v) is 7.94. The van der Waals surface area contributed by atoms with Gasteiger partial charge in [-0.25, -0.2) is 9.97 Å². The molecule has 0 spiro atoms. The number of aryl methyl sites for hydroxylation is 2. The summed E-state index contributed by atoms with van der Waals surface area (Å²) >= 11 is 1.88. The molecule has 5 heteroatoms. The van der Waals surface area contributed by atoms with Crippen molar-refractivity contribution in [1.29, 1.82) is 0 Å². The van der Waals surface area contributed by atoms with Gasteiger partial charge in [0.2, 0.25) is 0 Å². The number of fused-ring (bicyclic) bond motifs is 3. The predicted octanol–water partition coefficient (Wildman–Crippen LogP) is 3.10. The molecule has 1 saturated heterocycles. The summed E-state index contributed by atoms with van der Waals surface area (Å²) in [5, 5.41) is 1.34. The molecule has 0 aromatic carbocycles. The fourth-order valence-electron chi connectivity index (χ4n) is 3.97. The monoisotopic (exact) mass is 316 g/mol. The Kier molecular flexibility index (Phi) is 3.57. The number of aromatic nitrogens is 2. The van der Waals surface area contributed by atoms with E-state index in [1.807, 2.05) is 11.3 Å². The highest BCUT2D eigenvalue weighted by Crippen LogP contribution is 2.40. The van der Waals surface area contributed by atoms with Gasteiger partial charge in [-0.15, -0.1) is 11.3 Å². The standard InChI is InChI=1S/C17H24N4S/c1-11-9-12(7-8-20(11)2)21(3)16-15-13-5-4-6-14(13)22-17(15)19-10-18-16/h10-12H,4-9H2,1-3H3/t11-,12-/m0/s1. The molecular weight excluding hydrogens is 292 g/mol. The van der Waals surface area contributed by atoms with Gasteiger partial charge in [0.05, 0.1) is 5.39 Å². The van der Waals surface area contributed by atoms with Crippen molar-refractivity contribution < 1.29 is 0 Å². The largest absolute Gasteiger partial charge is 0.356 e. The van der Waals surface area contributed by atoms with Gasteiger partial charge in [0.1, 0.15) is 17.0 Å². The molecule has 0 radical (unpaired) electrons. The fraction of sp³-hybridized carbons (Fsp3) is 0.647. The van der Waals surface area contributed by atoms with Crippen LogP contribution in [0.25, 0.3) is 10.2 Å². The topological polar surface area (TPSA) is 32.3 Å². The average Bonchev–Trinajstić information content (AvgIpc) is 3.09. The van der Waals surface area contributed by atoms with Crippen LogP contribution >= 0.6 is 11.3 Å². The van der Waals surface area contributed by atoms with Crippen molar-refractivity contribution in [3.63, 3.8) is 0 Å².